The summed E-state index contributed by atoms with van der Waals surface area (Å²) in [4.78, 5) is 3.18. The molecule has 148 valence electrons. The number of alkyl halides is 6. The average molecular weight is 422 g/mol. The highest BCUT2D eigenvalue weighted by atomic mass is 35.5. The number of aryl methyl sites for hydroxylation is 1. The van der Waals surface area contributed by atoms with Crippen LogP contribution >= 0.6 is 11.6 Å². The van der Waals surface area contributed by atoms with Crippen LogP contribution in [0.4, 0.5) is 32.0 Å². The smallest absolute Gasteiger partial charge is 0.278 e. The van der Waals surface area contributed by atoms with Crippen molar-refractivity contribution < 1.29 is 26.3 Å². The molecule has 0 aliphatic heterocycles. The van der Waals surface area contributed by atoms with Gasteiger partial charge in [-0.15, -0.1) is 0 Å². The van der Waals surface area contributed by atoms with Crippen LogP contribution in [0, 0.1) is 0 Å². The molecule has 2 aromatic heterocycles. The molecular formula is C16H10ClF6N5. The van der Waals surface area contributed by atoms with Crippen molar-refractivity contribution in [1.29, 1.82) is 0 Å². The van der Waals surface area contributed by atoms with Crippen LogP contribution in [0.2, 0.25) is 5.02 Å². The van der Waals surface area contributed by atoms with Crippen LogP contribution in [0.3, 0.4) is 0 Å². The zero-order valence-electron chi connectivity index (χ0n) is 13.9. The number of hydrogen-bond acceptors (Lipinski definition) is 4. The minimum atomic E-state index is -4.95. The minimum Gasteiger partial charge on any atom is -0.278 e. The maximum atomic E-state index is 13.2. The summed E-state index contributed by atoms with van der Waals surface area (Å²) < 4.78 is 80.4. The van der Waals surface area contributed by atoms with Gasteiger partial charge >= 0.3 is 12.4 Å². The van der Waals surface area contributed by atoms with Crippen molar-refractivity contribution >= 4 is 34.4 Å². The Labute approximate surface area is 158 Å². The number of hydrogen-bond donors (Lipinski definition) is 1. The Kier molecular flexibility index (Phi) is 4.96. The lowest BCUT2D eigenvalue weighted by Crippen LogP contribution is -2.12. The summed E-state index contributed by atoms with van der Waals surface area (Å²) in [5.74, 6) is 0. The number of pyridine rings is 1. The summed E-state index contributed by atoms with van der Waals surface area (Å²) in [5, 5.41) is 7.77. The third kappa shape index (κ3) is 4.03. The van der Waals surface area contributed by atoms with Gasteiger partial charge in [-0.05, 0) is 12.1 Å². The number of nitrogens with one attached hydrogen (secondary N) is 1. The number of nitrogens with zero attached hydrogens (tertiary/aromatic N) is 4. The van der Waals surface area contributed by atoms with Gasteiger partial charge in [0, 0.05) is 18.6 Å². The zero-order valence-corrected chi connectivity index (χ0v) is 14.7. The first-order chi connectivity index (χ1) is 13.0. The van der Waals surface area contributed by atoms with E-state index in [2.05, 4.69) is 20.6 Å². The largest absolute Gasteiger partial charge is 0.433 e. The molecule has 2 heterocycles. The van der Waals surface area contributed by atoms with Gasteiger partial charge in [0.25, 0.3) is 0 Å². The van der Waals surface area contributed by atoms with Gasteiger partial charge in [-0.25, -0.2) is 4.98 Å². The summed E-state index contributed by atoms with van der Waals surface area (Å²) in [6, 6.07) is 3.53. The summed E-state index contributed by atoms with van der Waals surface area (Å²) in [6.45, 7) is 0. The van der Waals surface area contributed by atoms with Crippen LogP contribution in [0.25, 0.3) is 10.9 Å². The fraction of sp³-hybridized carbons (Fsp3) is 0.188. The van der Waals surface area contributed by atoms with E-state index in [9.17, 15) is 26.3 Å². The molecule has 0 aliphatic carbocycles. The van der Waals surface area contributed by atoms with Crippen LogP contribution in [0.15, 0.2) is 35.6 Å². The Morgan fingerprint density at radius 1 is 1.14 bits per heavy atom. The molecule has 12 heteroatoms. The van der Waals surface area contributed by atoms with Crippen molar-refractivity contribution in [2.45, 2.75) is 12.4 Å². The zero-order chi connectivity index (χ0) is 20.7. The van der Waals surface area contributed by atoms with Crippen LogP contribution in [0.1, 0.15) is 17.0 Å². The fourth-order valence-corrected chi connectivity index (χ4v) is 2.67. The summed E-state index contributed by atoms with van der Waals surface area (Å²) in [5.41, 5.74) is -1.35. The quantitative estimate of drug-likeness (QED) is 0.363. The maximum absolute atomic E-state index is 13.2. The molecule has 5 nitrogen and oxygen atoms in total. The first kappa shape index (κ1) is 19.9. The van der Waals surface area contributed by atoms with Crippen LogP contribution in [0.5, 0.6) is 0 Å². The average Bonchev–Trinajstić information content (AvgIpc) is 2.90. The van der Waals surface area contributed by atoms with E-state index in [4.69, 9.17) is 11.6 Å². The molecule has 0 radical (unpaired) electrons. The van der Waals surface area contributed by atoms with Crippen molar-refractivity contribution in [3.63, 3.8) is 0 Å². The molecule has 0 atom stereocenters. The van der Waals surface area contributed by atoms with Crippen molar-refractivity contribution in [2.24, 2.45) is 12.1 Å². The lowest BCUT2D eigenvalue weighted by Gasteiger charge is -2.15. The predicted octanol–water partition coefficient (Wildman–Crippen LogP) is 5.11. The number of benzene rings is 1. The van der Waals surface area contributed by atoms with Gasteiger partial charge in [0.15, 0.2) is 0 Å². The SMILES string of the molecule is Cn1cc(Cl)c(/C=N/Nc2cc(C(F)(F)F)nc3c(C(F)(F)F)cccc23)n1. The number of hydrazone groups is 1. The van der Waals surface area contributed by atoms with E-state index < -0.39 is 29.1 Å². The van der Waals surface area contributed by atoms with Crippen LogP contribution < -0.4 is 5.43 Å². The third-order valence-electron chi connectivity index (χ3n) is 3.62. The van der Waals surface area contributed by atoms with Crippen LogP contribution in [-0.4, -0.2) is 21.0 Å². The highest BCUT2D eigenvalue weighted by Gasteiger charge is 2.37. The van der Waals surface area contributed by atoms with Gasteiger partial charge in [0.2, 0.25) is 0 Å². The molecule has 3 aromatic rings. The molecular weight excluding hydrogens is 412 g/mol. The van der Waals surface area contributed by atoms with Gasteiger partial charge in [-0.2, -0.15) is 36.5 Å². The van der Waals surface area contributed by atoms with E-state index in [1.165, 1.54) is 16.9 Å². The highest BCUT2D eigenvalue weighted by Crippen LogP contribution is 2.39. The van der Waals surface area contributed by atoms with E-state index in [0.717, 1.165) is 12.3 Å². The lowest BCUT2D eigenvalue weighted by molar-refractivity contribution is -0.142. The fourth-order valence-electron chi connectivity index (χ4n) is 2.44. The van der Waals surface area contributed by atoms with Gasteiger partial charge in [-0.1, -0.05) is 23.7 Å². The molecule has 1 aromatic carbocycles. The van der Waals surface area contributed by atoms with E-state index in [0.29, 0.717) is 12.1 Å². The molecule has 0 unspecified atom stereocenters. The maximum Gasteiger partial charge on any atom is 0.433 e. The van der Waals surface area contributed by atoms with E-state index in [1.54, 1.807) is 7.05 Å². The Balaban J connectivity index is 2.11. The molecule has 28 heavy (non-hydrogen) atoms. The third-order valence-corrected chi connectivity index (χ3v) is 3.91. The molecule has 0 saturated heterocycles. The Bertz CT molecular complexity index is 1050. The number of rotatable bonds is 3. The minimum absolute atomic E-state index is 0.174. The molecule has 0 spiro atoms. The van der Waals surface area contributed by atoms with Gasteiger partial charge < -0.3 is 0 Å². The molecule has 1 N–H and O–H groups in total. The van der Waals surface area contributed by atoms with Gasteiger partial charge in [0.05, 0.1) is 28.0 Å². The molecule has 0 saturated carbocycles. The summed E-state index contributed by atoms with van der Waals surface area (Å²) in [6.07, 6.45) is -7.21. The molecule has 0 aliphatic rings. The highest BCUT2D eigenvalue weighted by molar-refractivity contribution is 6.32. The first-order valence-electron chi connectivity index (χ1n) is 7.53. The molecule has 0 fully saturated rings. The second kappa shape index (κ2) is 6.97. The first-order valence-corrected chi connectivity index (χ1v) is 7.91. The van der Waals surface area contributed by atoms with Crippen molar-refractivity contribution in [3.05, 3.63) is 52.4 Å². The Hall–Kier alpha value is -2.82. The number of anilines is 1. The number of para-hydroxylation sites is 1. The molecule has 0 amide bonds. The summed E-state index contributed by atoms with van der Waals surface area (Å²) >= 11 is 5.89. The number of fused-ring (bicyclic) bond motifs is 1. The second-order valence-electron chi connectivity index (χ2n) is 5.66. The number of aromatic nitrogens is 3. The molecule has 0 bridgehead atoms. The van der Waals surface area contributed by atoms with E-state index >= 15 is 0 Å². The topological polar surface area (TPSA) is 55.1 Å². The normalized spacial score (nSPS) is 12.9. The van der Waals surface area contributed by atoms with Crippen molar-refractivity contribution in [1.82, 2.24) is 14.8 Å². The Morgan fingerprint density at radius 2 is 1.86 bits per heavy atom. The lowest BCUT2D eigenvalue weighted by atomic mass is 10.1. The van der Waals surface area contributed by atoms with Gasteiger partial charge in [0.1, 0.15) is 11.4 Å². The van der Waals surface area contributed by atoms with Gasteiger partial charge in [-0.3, -0.25) is 10.1 Å². The number of halogens is 7. The monoisotopic (exact) mass is 421 g/mol. The predicted molar refractivity (Wildman–Crippen MR) is 91.2 cm³/mol. The van der Waals surface area contributed by atoms with Crippen LogP contribution in [-0.2, 0) is 19.4 Å². The second-order valence-corrected chi connectivity index (χ2v) is 6.07. The van der Waals surface area contributed by atoms with Crippen molar-refractivity contribution in [3.8, 4) is 0 Å². The Morgan fingerprint density at radius 3 is 2.43 bits per heavy atom. The van der Waals surface area contributed by atoms with E-state index in [-0.39, 0.29) is 21.8 Å². The van der Waals surface area contributed by atoms with Crippen molar-refractivity contribution in [2.75, 3.05) is 5.43 Å². The standard InChI is InChI=1S/C16H10ClF6N5/c1-28-7-10(17)12(27-28)6-24-26-11-5-13(16(21,22)23)25-14-8(11)3-2-4-9(14)15(18,19)20/h2-7H,1H3,(H,25,26)/b24-6+. The molecule has 3 rings (SSSR count). The summed E-state index contributed by atoms with van der Waals surface area (Å²) in [7, 11) is 1.60. The van der Waals surface area contributed by atoms with E-state index in [1.807, 2.05) is 0 Å².